The zero-order valence-electron chi connectivity index (χ0n) is 19.8. The summed E-state index contributed by atoms with van der Waals surface area (Å²) in [5, 5.41) is 8.94. The number of ether oxygens (including phenoxy) is 2. The molecule has 0 aliphatic heterocycles. The third-order valence-electron chi connectivity index (χ3n) is 4.70. The zero-order valence-corrected chi connectivity index (χ0v) is 23.0. The molecule has 0 aromatic heterocycles. The molecule has 0 radical (unpaired) electrons. The van der Waals surface area contributed by atoms with Crippen molar-refractivity contribution in [3.05, 3.63) is 81.8 Å². The van der Waals surface area contributed by atoms with E-state index in [1.165, 1.54) is 0 Å². The van der Waals surface area contributed by atoms with E-state index in [-0.39, 0.29) is 23.0 Å². The van der Waals surface area contributed by atoms with Gasteiger partial charge < -0.3 is 20.1 Å². The first-order valence-electron chi connectivity index (χ1n) is 11.0. The minimum Gasteiger partial charge on any atom is -0.490 e. The molecule has 0 heterocycles. The van der Waals surface area contributed by atoms with Crippen LogP contribution in [0.15, 0.2) is 71.2 Å². The maximum absolute atomic E-state index is 12.6. The highest BCUT2D eigenvalue weighted by Crippen LogP contribution is 2.27. The monoisotopic (exact) mass is 589 g/mol. The van der Waals surface area contributed by atoms with Gasteiger partial charge in [0.1, 0.15) is 11.5 Å². The maximum atomic E-state index is 12.6. The van der Waals surface area contributed by atoms with E-state index in [4.69, 9.17) is 33.3 Å². The Balaban J connectivity index is 1.51. The fourth-order valence-electron chi connectivity index (χ4n) is 2.99. The van der Waals surface area contributed by atoms with Crippen molar-refractivity contribution in [2.45, 2.75) is 33.0 Å². The van der Waals surface area contributed by atoms with Gasteiger partial charge in [-0.2, -0.15) is 0 Å². The number of anilines is 2. The number of rotatable bonds is 8. The van der Waals surface area contributed by atoms with Crippen LogP contribution in [0.1, 0.15) is 31.1 Å². The predicted molar refractivity (Wildman–Crippen MR) is 150 cm³/mol. The molecule has 0 spiro atoms. The van der Waals surface area contributed by atoms with Gasteiger partial charge in [0.2, 0.25) is 0 Å². The summed E-state index contributed by atoms with van der Waals surface area (Å²) in [6, 6.07) is 18.9. The number of para-hydroxylation sites is 1. The lowest BCUT2D eigenvalue weighted by Crippen LogP contribution is -2.34. The molecule has 7 nitrogen and oxygen atoms in total. The Morgan fingerprint density at radius 3 is 2.14 bits per heavy atom. The first kappa shape index (κ1) is 27.4. The van der Waals surface area contributed by atoms with Crippen molar-refractivity contribution in [1.82, 2.24) is 5.32 Å². The number of amides is 2. The minimum absolute atomic E-state index is 0.0163. The molecule has 3 N–H and O–H groups in total. The van der Waals surface area contributed by atoms with Crippen LogP contribution in [0.25, 0.3) is 0 Å². The standard InChI is InChI=1S/C26H25BrClN3O4S/c1-15(2)34-22-13-8-17(14-20(22)27)25(33)31-26(36)30-19-11-9-18(10-12-19)29-24(32)16(3)35-23-7-5-4-6-21(23)28/h4-16H,1-3H3,(H,29,32)(H2,30,31,33,36). The quantitative estimate of drug-likeness (QED) is 0.262. The highest BCUT2D eigenvalue weighted by molar-refractivity contribution is 9.10. The smallest absolute Gasteiger partial charge is 0.265 e. The SMILES string of the molecule is CC(C)Oc1ccc(C(=O)NC(=S)Nc2ccc(NC(=O)C(C)Oc3ccccc3Cl)cc2)cc1Br. The van der Waals surface area contributed by atoms with E-state index in [2.05, 4.69) is 31.9 Å². The largest absolute Gasteiger partial charge is 0.490 e. The molecule has 1 unspecified atom stereocenters. The van der Waals surface area contributed by atoms with Gasteiger partial charge in [0, 0.05) is 16.9 Å². The highest BCUT2D eigenvalue weighted by Gasteiger charge is 2.16. The van der Waals surface area contributed by atoms with Gasteiger partial charge in [0.05, 0.1) is 15.6 Å². The van der Waals surface area contributed by atoms with E-state index in [1.54, 1.807) is 73.7 Å². The fourth-order valence-corrected chi connectivity index (χ4v) is 3.86. The van der Waals surface area contributed by atoms with E-state index in [1.807, 2.05) is 13.8 Å². The van der Waals surface area contributed by atoms with Crippen molar-refractivity contribution in [3.63, 3.8) is 0 Å². The average Bonchev–Trinajstić information content (AvgIpc) is 2.82. The molecule has 0 fully saturated rings. The van der Waals surface area contributed by atoms with Crippen LogP contribution in [0, 0.1) is 0 Å². The molecule has 3 aromatic rings. The fraction of sp³-hybridized carbons (Fsp3) is 0.192. The third kappa shape index (κ3) is 7.94. The van der Waals surface area contributed by atoms with Gasteiger partial charge in [-0.3, -0.25) is 14.9 Å². The van der Waals surface area contributed by atoms with Gasteiger partial charge >= 0.3 is 0 Å². The summed E-state index contributed by atoms with van der Waals surface area (Å²) in [7, 11) is 0. The first-order valence-corrected chi connectivity index (χ1v) is 12.6. The van der Waals surface area contributed by atoms with Gasteiger partial charge in [-0.1, -0.05) is 23.7 Å². The number of benzene rings is 3. The van der Waals surface area contributed by atoms with E-state index < -0.39 is 6.10 Å². The molecule has 0 aliphatic carbocycles. The van der Waals surface area contributed by atoms with E-state index in [0.717, 1.165) is 0 Å². The van der Waals surface area contributed by atoms with Crippen molar-refractivity contribution in [1.29, 1.82) is 0 Å². The molecular formula is C26H25BrClN3O4S. The van der Waals surface area contributed by atoms with Crippen LogP contribution in [-0.4, -0.2) is 29.1 Å². The maximum Gasteiger partial charge on any atom is 0.265 e. The van der Waals surface area contributed by atoms with Gasteiger partial charge in [-0.05, 0) is 104 Å². The molecule has 0 saturated heterocycles. The Kier molecular flexibility index (Phi) is 9.69. The molecule has 36 heavy (non-hydrogen) atoms. The molecule has 10 heteroatoms. The molecule has 1 atom stereocenters. The Labute approximate surface area is 228 Å². The second-order valence-electron chi connectivity index (χ2n) is 7.98. The number of halogens is 2. The number of nitrogens with one attached hydrogen (secondary N) is 3. The minimum atomic E-state index is -0.753. The summed E-state index contributed by atoms with van der Waals surface area (Å²) in [4.78, 5) is 25.0. The Morgan fingerprint density at radius 2 is 1.53 bits per heavy atom. The lowest BCUT2D eigenvalue weighted by atomic mass is 10.2. The van der Waals surface area contributed by atoms with Crippen molar-refractivity contribution in [3.8, 4) is 11.5 Å². The predicted octanol–water partition coefficient (Wildman–Crippen LogP) is 6.42. The summed E-state index contributed by atoms with van der Waals surface area (Å²) in [5.41, 5.74) is 1.64. The van der Waals surface area contributed by atoms with Gasteiger partial charge in [0.15, 0.2) is 11.2 Å². The van der Waals surface area contributed by atoms with Gasteiger partial charge in [-0.15, -0.1) is 0 Å². The molecular weight excluding hydrogens is 566 g/mol. The molecule has 3 aromatic carbocycles. The van der Waals surface area contributed by atoms with Crippen LogP contribution in [0.2, 0.25) is 5.02 Å². The lowest BCUT2D eigenvalue weighted by Gasteiger charge is -2.16. The molecule has 0 bridgehead atoms. The Hall–Kier alpha value is -3.14. The van der Waals surface area contributed by atoms with Crippen LogP contribution in [0.3, 0.4) is 0 Å². The number of thiocarbonyl (C=S) groups is 1. The van der Waals surface area contributed by atoms with Crippen molar-refractivity contribution >= 4 is 68.1 Å². The normalized spacial score (nSPS) is 11.4. The highest BCUT2D eigenvalue weighted by atomic mass is 79.9. The molecule has 188 valence electrons. The van der Waals surface area contributed by atoms with Crippen LogP contribution in [-0.2, 0) is 4.79 Å². The average molecular weight is 591 g/mol. The summed E-state index contributed by atoms with van der Waals surface area (Å²) in [6.45, 7) is 5.49. The molecule has 3 rings (SSSR count). The summed E-state index contributed by atoms with van der Waals surface area (Å²) in [6.07, 6.45) is -0.737. The van der Waals surface area contributed by atoms with Crippen LogP contribution >= 0.6 is 39.7 Å². The number of carbonyl (C=O) groups is 2. The second kappa shape index (κ2) is 12.7. The van der Waals surface area contributed by atoms with E-state index >= 15 is 0 Å². The number of hydrogen-bond acceptors (Lipinski definition) is 5. The van der Waals surface area contributed by atoms with Crippen LogP contribution < -0.4 is 25.4 Å². The summed E-state index contributed by atoms with van der Waals surface area (Å²) in [5.74, 6) is 0.401. The molecule has 0 aliphatic rings. The third-order valence-corrected chi connectivity index (χ3v) is 5.84. The summed E-state index contributed by atoms with van der Waals surface area (Å²) >= 11 is 14.8. The van der Waals surface area contributed by atoms with Gasteiger partial charge in [0.25, 0.3) is 11.8 Å². The first-order chi connectivity index (χ1) is 17.1. The second-order valence-corrected chi connectivity index (χ2v) is 9.65. The van der Waals surface area contributed by atoms with Crippen molar-refractivity contribution < 1.29 is 19.1 Å². The topological polar surface area (TPSA) is 88.7 Å². The van der Waals surface area contributed by atoms with E-state index in [9.17, 15) is 9.59 Å². The Bertz CT molecular complexity index is 1250. The van der Waals surface area contributed by atoms with E-state index in [0.29, 0.717) is 37.9 Å². The zero-order chi connectivity index (χ0) is 26.2. The van der Waals surface area contributed by atoms with Crippen molar-refractivity contribution in [2.24, 2.45) is 0 Å². The number of hydrogen-bond donors (Lipinski definition) is 3. The van der Waals surface area contributed by atoms with Crippen LogP contribution in [0.5, 0.6) is 11.5 Å². The van der Waals surface area contributed by atoms with Crippen molar-refractivity contribution in [2.75, 3.05) is 10.6 Å². The van der Waals surface area contributed by atoms with Gasteiger partial charge in [-0.25, -0.2) is 0 Å². The lowest BCUT2D eigenvalue weighted by molar-refractivity contribution is -0.122. The molecule has 2 amide bonds. The molecule has 0 saturated carbocycles. The Morgan fingerprint density at radius 1 is 0.889 bits per heavy atom. The van der Waals surface area contributed by atoms with Crippen LogP contribution in [0.4, 0.5) is 11.4 Å². The summed E-state index contributed by atoms with van der Waals surface area (Å²) < 4.78 is 12.0. The number of carbonyl (C=O) groups excluding carboxylic acids is 2.